The molecule has 1 amide bonds. The fourth-order valence-corrected chi connectivity index (χ4v) is 3.31. The number of nitrogens with zero attached hydrogens (tertiary/aromatic N) is 3. The van der Waals surface area contributed by atoms with Crippen molar-refractivity contribution < 1.29 is 13.2 Å². The van der Waals surface area contributed by atoms with Crippen LogP contribution in [0.5, 0.6) is 0 Å². The van der Waals surface area contributed by atoms with Gasteiger partial charge in [0.1, 0.15) is 0 Å². The molecule has 0 saturated heterocycles. The summed E-state index contributed by atoms with van der Waals surface area (Å²) in [4.78, 5) is 17.1. The topological polar surface area (TPSA) is 93.9 Å². The van der Waals surface area contributed by atoms with Crippen LogP contribution in [0, 0.1) is 6.92 Å². The monoisotopic (exact) mass is 372 g/mol. The highest BCUT2D eigenvalue weighted by Gasteiger charge is 2.15. The molecule has 0 radical (unpaired) electrons. The molecule has 8 heteroatoms. The molecule has 0 fully saturated rings. The number of nitrogens with one attached hydrogen (secondary N) is 1. The molecule has 7 nitrogen and oxygen atoms in total. The molecule has 3 rings (SSSR count). The molecule has 2 aromatic heterocycles. The van der Waals surface area contributed by atoms with Crippen molar-refractivity contribution in [2.75, 3.05) is 11.6 Å². The summed E-state index contributed by atoms with van der Waals surface area (Å²) in [6.07, 6.45) is 4.38. The molecule has 0 unspecified atom stereocenters. The predicted octanol–water partition coefficient (Wildman–Crippen LogP) is 2.98. The lowest BCUT2D eigenvalue weighted by atomic mass is 10.1. The Balaban J connectivity index is 1.92. The first-order chi connectivity index (χ1) is 12.2. The van der Waals surface area contributed by atoms with E-state index in [1.54, 1.807) is 36.1 Å². The van der Waals surface area contributed by atoms with E-state index in [4.69, 9.17) is 0 Å². The number of benzene rings is 1. The van der Waals surface area contributed by atoms with Gasteiger partial charge in [-0.05, 0) is 44.5 Å². The van der Waals surface area contributed by atoms with Crippen molar-refractivity contribution in [3.63, 3.8) is 0 Å². The van der Waals surface area contributed by atoms with Gasteiger partial charge in [0.25, 0.3) is 5.91 Å². The van der Waals surface area contributed by atoms with Crippen molar-refractivity contribution in [1.29, 1.82) is 0 Å². The first-order valence-electron chi connectivity index (χ1n) is 8.12. The van der Waals surface area contributed by atoms with E-state index in [-0.39, 0.29) is 16.8 Å². The van der Waals surface area contributed by atoms with Gasteiger partial charge in [-0.25, -0.2) is 18.1 Å². The first-order valence-corrected chi connectivity index (χ1v) is 10.0. The molecule has 0 aliphatic heterocycles. The van der Waals surface area contributed by atoms with Gasteiger partial charge in [0.05, 0.1) is 23.0 Å². The summed E-state index contributed by atoms with van der Waals surface area (Å²) >= 11 is 0. The fourth-order valence-electron chi connectivity index (χ4n) is 2.66. The molecule has 0 atom stereocenters. The minimum Gasteiger partial charge on any atom is -0.321 e. The number of fused-ring (bicyclic) bond motifs is 1. The first kappa shape index (κ1) is 18.1. The van der Waals surface area contributed by atoms with E-state index < -0.39 is 9.84 Å². The van der Waals surface area contributed by atoms with Crippen molar-refractivity contribution in [3.05, 3.63) is 47.8 Å². The van der Waals surface area contributed by atoms with Crippen LogP contribution in [0.4, 0.5) is 5.69 Å². The summed E-state index contributed by atoms with van der Waals surface area (Å²) in [6, 6.07) is 6.49. The summed E-state index contributed by atoms with van der Waals surface area (Å²) in [5.41, 5.74) is 2.27. The van der Waals surface area contributed by atoms with Gasteiger partial charge in [-0.2, -0.15) is 5.10 Å². The Kier molecular flexibility index (Phi) is 4.53. The third-order valence-corrected chi connectivity index (χ3v) is 5.17. The lowest BCUT2D eigenvalue weighted by Gasteiger charge is -2.10. The smallest absolute Gasteiger partial charge is 0.256 e. The summed E-state index contributed by atoms with van der Waals surface area (Å²) in [7, 11) is -3.39. The van der Waals surface area contributed by atoms with E-state index in [0.717, 1.165) is 17.3 Å². The molecule has 136 valence electrons. The molecule has 0 spiro atoms. The lowest BCUT2D eigenvalue weighted by molar-refractivity contribution is 0.102. The highest BCUT2D eigenvalue weighted by Crippen LogP contribution is 2.21. The largest absolute Gasteiger partial charge is 0.321 e. The Morgan fingerprint density at radius 1 is 1.19 bits per heavy atom. The SMILES string of the molecule is Cc1ccc(S(C)(=O)=O)cc1C(=O)Nc1cnc2c(cnn2C(C)C)c1. The number of amides is 1. The zero-order chi connectivity index (χ0) is 19.1. The van der Waals surface area contributed by atoms with Crippen molar-refractivity contribution >= 4 is 32.5 Å². The molecule has 1 aromatic carbocycles. The van der Waals surface area contributed by atoms with E-state index in [2.05, 4.69) is 15.4 Å². The van der Waals surface area contributed by atoms with Crippen molar-refractivity contribution in [2.24, 2.45) is 0 Å². The number of rotatable bonds is 4. The molecule has 1 N–H and O–H groups in total. The maximum Gasteiger partial charge on any atom is 0.256 e. The Hall–Kier alpha value is -2.74. The maximum atomic E-state index is 12.6. The van der Waals surface area contributed by atoms with Crippen molar-refractivity contribution in [2.45, 2.75) is 31.7 Å². The molecular formula is C18H20N4O3S. The van der Waals surface area contributed by atoms with E-state index in [1.807, 2.05) is 13.8 Å². The zero-order valence-electron chi connectivity index (χ0n) is 15.0. The standard InChI is InChI=1S/C18H20N4O3S/c1-11(2)22-17-13(9-20-22)7-14(10-19-17)21-18(23)16-8-15(26(4,24)25)6-5-12(16)3/h5-11H,1-4H3,(H,21,23). The maximum absolute atomic E-state index is 12.6. The second kappa shape index (κ2) is 6.53. The normalized spacial score (nSPS) is 11.9. The van der Waals surface area contributed by atoms with Crippen LogP contribution in [-0.4, -0.2) is 35.3 Å². The number of hydrogen-bond acceptors (Lipinski definition) is 5. The summed E-state index contributed by atoms with van der Waals surface area (Å²) in [5.74, 6) is -0.384. The third-order valence-electron chi connectivity index (χ3n) is 4.06. The molecule has 26 heavy (non-hydrogen) atoms. The molecule has 0 saturated carbocycles. The Bertz CT molecular complexity index is 1100. The second-order valence-electron chi connectivity index (χ2n) is 6.52. The van der Waals surface area contributed by atoms with Gasteiger partial charge in [0.15, 0.2) is 15.5 Å². The average molecular weight is 372 g/mol. The van der Waals surface area contributed by atoms with Gasteiger partial charge < -0.3 is 5.32 Å². The van der Waals surface area contributed by atoms with Crippen LogP contribution in [0.25, 0.3) is 11.0 Å². The van der Waals surface area contributed by atoms with Crippen molar-refractivity contribution in [3.8, 4) is 0 Å². The van der Waals surface area contributed by atoms with Gasteiger partial charge in [-0.3, -0.25) is 4.79 Å². The fraction of sp³-hybridized carbons (Fsp3) is 0.278. The summed E-state index contributed by atoms with van der Waals surface area (Å²) < 4.78 is 25.3. The quantitative estimate of drug-likeness (QED) is 0.760. The number of aromatic nitrogens is 3. The van der Waals surface area contributed by atoms with Crippen LogP contribution in [0.3, 0.4) is 0 Å². The molecule has 0 bridgehead atoms. The minimum atomic E-state index is -3.39. The predicted molar refractivity (Wildman–Crippen MR) is 100 cm³/mol. The van der Waals surface area contributed by atoms with E-state index in [0.29, 0.717) is 16.8 Å². The third kappa shape index (κ3) is 3.45. The number of carbonyl (C=O) groups excluding carboxylic acids is 1. The van der Waals surface area contributed by atoms with Crippen LogP contribution in [-0.2, 0) is 9.84 Å². The number of carbonyl (C=O) groups is 1. The zero-order valence-corrected chi connectivity index (χ0v) is 15.8. The second-order valence-corrected chi connectivity index (χ2v) is 8.54. The highest BCUT2D eigenvalue weighted by molar-refractivity contribution is 7.90. The molecule has 0 aliphatic carbocycles. The van der Waals surface area contributed by atoms with E-state index >= 15 is 0 Å². The van der Waals surface area contributed by atoms with Gasteiger partial charge >= 0.3 is 0 Å². The molecule has 2 heterocycles. The molecular weight excluding hydrogens is 352 g/mol. The number of hydrogen-bond donors (Lipinski definition) is 1. The van der Waals surface area contributed by atoms with Gasteiger partial charge in [0.2, 0.25) is 0 Å². The Labute approximate surface area is 152 Å². The molecule has 3 aromatic rings. The van der Waals surface area contributed by atoms with Crippen LogP contribution >= 0.6 is 0 Å². The summed E-state index contributed by atoms with van der Waals surface area (Å²) in [6.45, 7) is 5.79. The highest BCUT2D eigenvalue weighted by atomic mass is 32.2. The Morgan fingerprint density at radius 3 is 2.58 bits per heavy atom. The van der Waals surface area contributed by atoms with Crippen LogP contribution < -0.4 is 5.32 Å². The minimum absolute atomic E-state index is 0.111. The number of aryl methyl sites for hydroxylation is 1. The lowest BCUT2D eigenvalue weighted by Crippen LogP contribution is -2.14. The average Bonchev–Trinajstić information content (AvgIpc) is 2.97. The van der Waals surface area contributed by atoms with Crippen LogP contribution in [0.2, 0.25) is 0 Å². The van der Waals surface area contributed by atoms with Crippen LogP contribution in [0.1, 0.15) is 35.8 Å². The van der Waals surface area contributed by atoms with Crippen molar-refractivity contribution in [1.82, 2.24) is 14.8 Å². The van der Waals surface area contributed by atoms with E-state index in [9.17, 15) is 13.2 Å². The number of anilines is 1. The number of pyridine rings is 1. The number of sulfone groups is 1. The Morgan fingerprint density at radius 2 is 1.92 bits per heavy atom. The van der Waals surface area contributed by atoms with Gasteiger partial charge in [-0.1, -0.05) is 6.07 Å². The van der Waals surface area contributed by atoms with Gasteiger partial charge in [0, 0.05) is 23.2 Å². The van der Waals surface area contributed by atoms with Crippen LogP contribution in [0.15, 0.2) is 41.6 Å². The molecule has 0 aliphatic rings. The van der Waals surface area contributed by atoms with Gasteiger partial charge in [-0.15, -0.1) is 0 Å². The van der Waals surface area contributed by atoms with E-state index in [1.165, 1.54) is 12.1 Å². The summed E-state index contributed by atoms with van der Waals surface area (Å²) in [5, 5.41) is 7.89.